The number of nitrogens with zero attached hydrogens (tertiary/aromatic N) is 2. The minimum atomic E-state index is -3.37. The fourth-order valence-electron chi connectivity index (χ4n) is 2.81. The number of aromatic nitrogens is 1. The maximum Gasteiger partial charge on any atom is 0.280 e. The number of thiazole rings is 1. The molecular weight excluding hydrogens is 416 g/mol. The van der Waals surface area contributed by atoms with E-state index < -0.39 is 21.7 Å². The third-order valence-electron chi connectivity index (χ3n) is 4.34. The first-order chi connectivity index (χ1) is 13.7. The predicted octanol–water partition coefficient (Wildman–Crippen LogP) is 1.95. The SMILES string of the molecule is CS(=O)(=O)c1ccc(C(=NOC2CCCC2)C(=O)Nc2ncc(C(N)=O)s2)cc1. The van der Waals surface area contributed by atoms with Gasteiger partial charge in [-0.25, -0.2) is 13.4 Å². The van der Waals surface area contributed by atoms with Crippen molar-refractivity contribution in [2.75, 3.05) is 11.6 Å². The van der Waals surface area contributed by atoms with Crippen LogP contribution in [0.5, 0.6) is 0 Å². The molecule has 9 nitrogen and oxygen atoms in total. The molecule has 29 heavy (non-hydrogen) atoms. The highest BCUT2D eigenvalue weighted by Gasteiger charge is 2.21. The third kappa shape index (κ3) is 5.39. The lowest BCUT2D eigenvalue weighted by Gasteiger charge is -2.10. The third-order valence-corrected chi connectivity index (χ3v) is 6.39. The summed E-state index contributed by atoms with van der Waals surface area (Å²) in [6, 6.07) is 5.78. The second-order valence-corrected chi connectivity index (χ2v) is 9.64. The molecule has 1 aromatic carbocycles. The molecule has 1 aromatic heterocycles. The summed E-state index contributed by atoms with van der Waals surface area (Å²) in [6.07, 6.45) is 6.12. The summed E-state index contributed by atoms with van der Waals surface area (Å²) in [4.78, 5) is 33.8. The molecule has 154 valence electrons. The molecule has 1 fully saturated rings. The molecule has 1 heterocycles. The molecule has 0 spiro atoms. The molecular formula is C18H20N4O5S2. The molecule has 2 aromatic rings. The van der Waals surface area contributed by atoms with Crippen LogP contribution in [-0.2, 0) is 19.5 Å². The molecule has 3 N–H and O–H groups in total. The lowest BCUT2D eigenvalue weighted by atomic mass is 10.1. The Hall–Kier alpha value is -2.79. The fraction of sp³-hybridized carbons (Fsp3) is 0.333. The van der Waals surface area contributed by atoms with Crippen LogP contribution >= 0.6 is 11.3 Å². The Kier molecular flexibility index (Phi) is 6.28. The number of carbonyl (C=O) groups is 2. The molecule has 1 aliphatic carbocycles. The van der Waals surface area contributed by atoms with Crippen molar-refractivity contribution in [3.63, 3.8) is 0 Å². The lowest BCUT2D eigenvalue weighted by Crippen LogP contribution is -2.25. The van der Waals surface area contributed by atoms with E-state index in [2.05, 4.69) is 15.5 Å². The Morgan fingerprint density at radius 2 is 1.90 bits per heavy atom. The van der Waals surface area contributed by atoms with Crippen molar-refractivity contribution in [1.82, 2.24) is 4.98 Å². The Bertz CT molecular complexity index is 1040. The molecule has 1 aliphatic rings. The summed E-state index contributed by atoms with van der Waals surface area (Å²) in [5, 5.41) is 6.80. The van der Waals surface area contributed by atoms with Crippen LogP contribution in [0, 0.1) is 0 Å². The Morgan fingerprint density at radius 3 is 2.45 bits per heavy atom. The summed E-state index contributed by atoms with van der Waals surface area (Å²) in [7, 11) is -3.37. The van der Waals surface area contributed by atoms with E-state index in [0.717, 1.165) is 43.3 Å². The number of benzene rings is 1. The number of primary amides is 1. The van der Waals surface area contributed by atoms with Crippen LogP contribution in [-0.4, -0.2) is 43.3 Å². The van der Waals surface area contributed by atoms with Crippen LogP contribution in [0.1, 0.15) is 40.9 Å². The van der Waals surface area contributed by atoms with Crippen LogP contribution < -0.4 is 11.1 Å². The van der Waals surface area contributed by atoms with Crippen molar-refractivity contribution in [3.8, 4) is 0 Å². The Morgan fingerprint density at radius 1 is 1.24 bits per heavy atom. The predicted molar refractivity (Wildman–Crippen MR) is 109 cm³/mol. The van der Waals surface area contributed by atoms with E-state index in [-0.39, 0.29) is 26.7 Å². The summed E-state index contributed by atoms with van der Waals surface area (Å²) in [5.41, 5.74) is 5.57. The topological polar surface area (TPSA) is 141 Å². The number of rotatable bonds is 7. The monoisotopic (exact) mass is 436 g/mol. The average molecular weight is 437 g/mol. The summed E-state index contributed by atoms with van der Waals surface area (Å²) < 4.78 is 23.3. The van der Waals surface area contributed by atoms with E-state index in [0.29, 0.717) is 5.56 Å². The fourth-order valence-corrected chi connectivity index (χ4v) is 4.10. The van der Waals surface area contributed by atoms with Crippen LogP contribution in [0.2, 0.25) is 0 Å². The van der Waals surface area contributed by atoms with E-state index in [9.17, 15) is 18.0 Å². The Labute approximate surface area is 171 Å². The molecule has 0 saturated heterocycles. The normalized spacial score (nSPS) is 15.3. The van der Waals surface area contributed by atoms with Crippen LogP contribution in [0.25, 0.3) is 0 Å². The van der Waals surface area contributed by atoms with Crippen molar-refractivity contribution in [3.05, 3.63) is 40.9 Å². The molecule has 0 atom stereocenters. The van der Waals surface area contributed by atoms with Crippen molar-refractivity contribution in [2.24, 2.45) is 10.9 Å². The molecule has 0 radical (unpaired) electrons. The first-order valence-electron chi connectivity index (χ1n) is 8.85. The zero-order valence-corrected chi connectivity index (χ0v) is 17.3. The van der Waals surface area contributed by atoms with Crippen molar-refractivity contribution in [2.45, 2.75) is 36.7 Å². The molecule has 3 rings (SSSR count). The zero-order valence-electron chi connectivity index (χ0n) is 15.6. The first-order valence-corrected chi connectivity index (χ1v) is 11.6. The van der Waals surface area contributed by atoms with Gasteiger partial charge in [0.05, 0.1) is 11.1 Å². The minimum absolute atomic E-state index is 0.0206. The van der Waals surface area contributed by atoms with Gasteiger partial charge in [0.2, 0.25) is 0 Å². The highest BCUT2D eigenvalue weighted by atomic mass is 32.2. The number of sulfone groups is 1. The second-order valence-electron chi connectivity index (χ2n) is 6.60. The molecule has 1 saturated carbocycles. The highest BCUT2D eigenvalue weighted by molar-refractivity contribution is 7.90. The zero-order chi connectivity index (χ0) is 21.0. The summed E-state index contributed by atoms with van der Waals surface area (Å²) in [6.45, 7) is 0. The number of nitrogens with one attached hydrogen (secondary N) is 1. The van der Waals surface area contributed by atoms with Gasteiger partial charge in [0.1, 0.15) is 11.0 Å². The number of amides is 2. The van der Waals surface area contributed by atoms with Gasteiger partial charge < -0.3 is 10.6 Å². The van der Waals surface area contributed by atoms with Crippen LogP contribution in [0.3, 0.4) is 0 Å². The van der Waals surface area contributed by atoms with E-state index in [1.807, 2.05) is 0 Å². The maximum absolute atomic E-state index is 12.8. The number of anilines is 1. The minimum Gasteiger partial charge on any atom is -0.392 e. The van der Waals surface area contributed by atoms with Crippen LogP contribution in [0.4, 0.5) is 5.13 Å². The molecule has 0 bridgehead atoms. The van der Waals surface area contributed by atoms with Crippen molar-refractivity contribution >= 4 is 43.8 Å². The summed E-state index contributed by atoms with van der Waals surface area (Å²) in [5.74, 6) is -1.24. The maximum atomic E-state index is 12.8. The number of oxime groups is 1. The molecule has 0 unspecified atom stereocenters. The molecule has 2 amide bonds. The number of hydrogen-bond donors (Lipinski definition) is 2. The number of hydrogen-bond acceptors (Lipinski definition) is 8. The smallest absolute Gasteiger partial charge is 0.280 e. The van der Waals surface area contributed by atoms with Gasteiger partial charge in [0.25, 0.3) is 11.8 Å². The van der Waals surface area contributed by atoms with Gasteiger partial charge in [-0.1, -0.05) is 28.6 Å². The standard InChI is InChI=1S/C18H20N4O5S2/c1-29(25,26)13-8-6-11(7-9-13)15(22-27-12-4-2-3-5-12)17(24)21-18-20-10-14(28-18)16(19)23/h6-10,12H,2-5H2,1H3,(H2,19,23)(H,20,21,24). The first kappa shape index (κ1) is 20.9. The quantitative estimate of drug-likeness (QED) is 0.502. The highest BCUT2D eigenvalue weighted by Crippen LogP contribution is 2.22. The second kappa shape index (κ2) is 8.70. The van der Waals surface area contributed by atoms with Crippen molar-refractivity contribution in [1.29, 1.82) is 0 Å². The molecule has 11 heteroatoms. The molecule has 0 aliphatic heterocycles. The van der Waals surface area contributed by atoms with Gasteiger partial charge in [-0.05, 0) is 37.8 Å². The van der Waals surface area contributed by atoms with Crippen molar-refractivity contribution < 1.29 is 22.8 Å². The van der Waals surface area contributed by atoms with Gasteiger partial charge in [-0.2, -0.15) is 0 Å². The van der Waals surface area contributed by atoms with E-state index in [1.165, 1.54) is 30.5 Å². The summed E-state index contributed by atoms with van der Waals surface area (Å²) >= 11 is 0.938. The van der Waals surface area contributed by atoms with E-state index >= 15 is 0 Å². The van der Waals surface area contributed by atoms with Gasteiger partial charge in [0, 0.05) is 11.8 Å². The van der Waals surface area contributed by atoms with Gasteiger partial charge in [0.15, 0.2) is 20.7 Å². The van der Waals surface area contributed by atoms with Gasteiger partial charge >= 0.3 is 0 Å². The Balaban J connectivity index is 1.86. The largest absolute Gasteiger partial charge is 0.392 e. The van der Waals surface area contributed by atoms with Gasteiger partial charge in [-0.15, -0.1) is 0 Å². The van der Waals surface area contributed by atoms with Gasteiger partial charge in [-0.3, -0.25) is 14.9 Å². The average Bonchev–Trinajstić information content (AvgIpc) is 3.33. The van der Waals surface area contributed by atoms with E-state index in [1.54, 1.807) is 0 Å². The number of nitrogens with two attached hydrogens (primary N) is 1. The van der Waals surface area contributed by atoms with Crippen LogP contribution in [0.15, 0.2) is 40.5 Å². The lowest BCUT2D eigenvalue weighted by molar-refractivity contribution is -0.110. The number of carbonyl (C=O) groups excluding carboxylic acids is 2. The van der Waals surface area contributed by atoms with E-state index in [4.69, 9.17) is 10.6 Å².